The Bertz CT molecular complexity index is 3580. The van der Waals surface area contributed by atoms with Crippen LogP contribution < -0.4 is 0 Å². The third-order valence-electron chi connectivity index (χ3n) is 12.3. The Morgan fingerprint density at radius 3 is 1.68 bits per heavy atom. The molecule has 0 unspecified atom stereocenters. The van der Waals surface area contributed by atoms with Gasteiger partial charge in [0.25, 0.3) is 0 Å². The highest BCUT2D eigenvalue weighted by atomic mass is 79.9. The largest absolute Gasteiger partial charge is 0.226 e. The molecular formula is C56H40BrClN8. The Labute approximate surface area is 396 Å². The van der Waals surface area contributed by atoms with E-state index >= 15 is 0 Å². The minimum atomic E-state index is 0.439. The molecule has 0 fully saturated rings. The van der Waals surface area contributed by atoms with Crippen LogP contribution in [-0.2, 0) is 19.3 Å². The maximum atomic E-state index is 10.9. The molecule has 0 aliphatic heterocycles. The number of fused-ring (bicyclic) bond motifs is 2. The predicted molar refractivity (Wildman–Crippen MR) is 268 cm³/mol. The molecule has 0 saturated heterocycles. The lowest BCUT2D eigenvalue weighted by Gasteiger charge is -2.15. The van der Waals surface area contributed by atoms with Gasteiger partial charge in [0.1, 0.15) is 12.1 Å². The zero-order chi connectivity index (χ0) is 45.5. The van der Waals surface area contributed by atoms with Gasteiger partial charge >= 0.3 is 0 Å². The Balaban J connectivity index is 1.04. The number of benzene rings is 6. The second-order valence-electron chi connectivity index (χ2n) is 16.2. The average Bonchev–Trinajstić information content (AvgIpc) is 3.88. The summed E-state index contributed by atoms with van der Waals surface area (Å²) in [5, 5.41) is 33.9. The van der Waals surface area contributed by atoms with Crippen LogP contribution in [0, 0.1) is 36.5 Å². The molecule has 0 spiro atoms. The second-order valence-corrected chi connectivity index (χ2v) is 17.5. The molecule has 0 radical (unpaired) electrons. The first kappa shape index (κ1) is 42.3. The predicted octanol–water partition coefficient (Wildman–Crippen LogP) is 13.9. The molecule has 0 atom stereocenters. The summed E-state index contributed by atoms with van der Waals surface area (Å²) in [6, 6.07) is 55.5. The van der Waals surface area contributed by atoms with Crippen molar-refractivity contribution < 1.29 is 0 Å². The summed E-state index contributed by atoms with van der Waals surface area (Å²) in [5.74, 6) is 0. The van der Waals surface area contributed by atoms with Crippen molar-refractivity contribution in [2.75, 3.05) is 0 Å². The van der Waals surface area contributed by atoms with Gasteiger partial charge in [-0.2, -0.15) is 20.7 Å². The van der Waals surface area contributed by atoms with E-state index in [1.54, 1.807) is 0 Å². The highest BCUT2D eigenvalue weighted by Gasteiger charge is 2.27. The molecule has 10 heteroatoms. The van der Waals surface area contributed by atoms with Crippen LogP contribution in [0.1, 0.15) is 46.1 Å². The Kier molecular flexibility index (Phi) is 11.3. The number of aryl methyl sites for hydroxylation is 5. The van der Waals surface area contributed by atoms with Crippen molar-refractivity contribution >= 4 is 49.6 Å². The third-order valence-corrected chi connectivity index (χ3v) is 13.3. The van der Waals surface area contributed by atoms with E-state index in [9.17, 15) is 10.5 Å². The summed E-state index contributed by atoms with van der Waals surface area (Å²) in [6.45, 7) is 6.06. The molecule has 10 rings (SSSR count). The zero-order valence-electron chi connectivity index (χ0n) is 36.4. The van der Waals surface area contributed by atoms with Gasteiger partial charge < -0.3 is 0 Å². The Morgan fingerprint density at radius 1 is 0.561 bits per heavy atom. The van der Waals surface area contributed by atoms with Crippen LogP contribution in [0.4, 0.5) is 0 Å². The molecule has 0 N–H and O–H groups in total. The number of nitrogens with zero attached hydrogens (tertiary/aromatic N) is 8. The second kappa shape index (κ2) is 17.7. The van der Waals surface area contributed by atoms with Crippen LogP contribution in [0.5, 0.6) is 0 Å². The fourth-order valence-electron chi connectivity index (χ4n) is 8.99. The lowest BCUT2D eigenvalue weighted by Crippen LogP contribution is -2.05. The number of halogens is 2. The first-order valence-corrected chi connectivity index (χ1v) is 22.9. The molecule has 8 nitrogen and oxygen atoms in total. The fraction of sp³-hybridized carbons (Fsp3) is 0.107. The standard InChI is InChI=1S/C56H40BrClN8/c1-4-36-22-28-39(29-23-36)53-44(32-59)51(42-17-9-11-19-46(42)57)49-35(3)64-66(56(49)62-53)48-21-13-8-14-38(48)27-24-37-25-30-40(31-26-37)54-45(33-60)52(43-18-10-12-20-47(43)58)50-34(2)63-65(55(50)61-54)41-15-6-5-7-16-41/h5-23,25-26,28-31H,4,24,27H2,1-3H3. The Morgan fingerprint density at radius 2 is 1.08 bits per heavy atom. The number of aromatic nitrogens is 6. The van der Waals surface area contributed by atoms with Crippen molar-refractivity contribution in [3.63, 3.8) is 0 Å². The normalized spacial score (nSPS) is 11.3. The van der Waals surface area contributed by atoms with Gasteiger partial charge in [0, 0.05) is 37.3 Å². The van der Waals surface area contributed by atoms with Crippen LogP contribution in [-0.4, -0.2) is 29.5 Å². The monoisotopic (exact) mass is 938 g/mol. The van der Waals surface area contributed by atoms with Crippen molar-refractivity contribution in [1.29, 1.82) is 10.5 Å². The first-order valence-electron chi connectivity index (χ1n) is 21.8. The topological polar surface area (TPSA) is 109 Å². The molecule has 4 heterocycles. The number of hydrogen-bond acceptors (Lipinski definition) is 6. The van der Waals surface area contributed by atoms with Crippen molar-refractivity contribution in [2.45, 2.75) is 40.0 Å². The van der Waals surface area contributed by atoms with E-state index in [2.05, 4.69) is 89.6 Å². The molecular weight excluding hydrogens is 900 g/mol. The lowest BCUT2D eigenvalue weighted by molar-refractivity contribution is 0.848. The molecule has 66 heavy (non-hydrogen) atoms. The SMILES string of the molecule is CCc1ccc(-c2nc3c(c(C)nn3-c3ccccc3CCc3ccc(-c4nc5c(c(C)nn5-c5ccccc5)c(-c5ccccc5Cl)c4C#N)cc3)c(-c3ccccc3Br)c2C#N)cc1. The summed E-state index contributed by atoms with van der Waals surface area (Å²) < 4.78 is 4.67. The van der Waals surface area contributed by atoms with Gasteiger partial charge in [-0.25, -0.2) is 19.3 Å². The number of hydrogen-bond donors (Lipinski definition) is 0. The average molecular weight is 940 g/mol. The van der Waals surface area contributed by atoms with Crippen molar-refractivity contribution in [1.82, 2.24) is 29.5 Å². The number of nitriles is 2. The van der Waals surface area contributed by atoms with Crippen molar-refractivity contribution in [2.24, 2.45) is 0 Å². The third kappa shape index (κ3) is 7.43. The fourth-order valence-corrected chi connectivity index (χ4v) is 9.70. The molecule has 4 aromatic heterocycles. The van der Waals surface area contributed by atoms with Gasteiger partial charge in [-0.3, -0.25) is 0 Å². The lowest BCUT2D eigenvalue weighted by atomic mass is 9.92. The van der Waals surface area contributed by atoms with Crippen molar-refractivity contribution in [3.05, 3.63) is 200 Å². The molecule has 6 aromatic carbocycles. The van der Waals surface area contributed by atoms with Crippen molar-refractivity contribution in [3.8, 4) is 68.3 Å². The molecule has 318 valence electrons. The Hall–Kier alpha value is -7.69. The van der Waals surface area contributed by atoms with Crippen LogP contribution in [0.25, 0.3) is 78.2 Å². The molecule has 0 amide bonds. The van der Waals surface area contributed by atoms with E-state index in [0.29, 0.717) is 50.8 Å². The molecule has 0 aliphatic carbocycles. The van der Waals surface area contributed by atoms with Gasteiger partial charge in [0.2, 0.25) is 0 Å². The van der Waals surface area contributed by atoms with Gasteiger partial charge in [-0.15, -0.1) is 0 Å². The maximum Gasteiger partial charge on any atom is 0.164 e. The van der Waals surface area contributed by atoms with E-state index in [0.717, 1.165) is 89.8 Å². The van der Waals surface area contributed by atoms with Crippen LogP contribution in [0.3, 0.4) is 0 Å². The summed E-state index contributed by atoms with van der Waals surface area (Å²) in [5.41, 5.74) is 15.1. The number of para-hydroxylation sites is 2. The number of pyridine rings is 2. The van der Waals surface area contributed by atoms with E-state index in [4.69, 9.17) is 31.8 Å². The smallest absolute Gasteiger partial charge is 0.164 e. The minimum Gasteiger partial charge on any atom is -0.226 e. The molecule has 10 aromatic rings. The van der Waals surface area contributed by atoms with E-state index in [1.165, 1.54) is 5.56 Å². The van der Waals surface area contributed by atoms with Gasteiger partial charge in [0.15, 0.2) is 11.3 Å². The van der Waals surface area contributed by atoms with Crippen LogP contribution in [0.15, 0.2) is 156 Å². The molecule has 0 bridgehead atoms. The van der Waals surface area contributed by atoms with Gasteiger partial charge in [-0.1, -0.05) is 156 Å². The van der Waals surface area contributed by atoms with E-state index in [-0.39, 0.29) is 0 Å². The summed E-state index contributed by atoms with van der Waals surface area (Å²) in [6.07, 6.45) is 2.37. The van der Waals surface area contributed by atoms with Crippen LogP contribution >= 0.6 is 27.5 Å². The van der Waals surface area contributed by atoms with Gasteiger partial charge in [0.05, 0.1) is 56.0 Å². The van der Waals surface area contributed by atoms with E-state index in [1.807, 2.05) is 120 Å². The summed E-state index contributed by atoms with van der Waals surface area (Å²) in [7, 11) is 0. The molecule has 0 aliphatic rings. The highest BCUT2D eigenvalue weighted by Crippen LogP contribution is 2.43. The quantitative estimate of drug-likeness (QED) is 0.135. The summed E-state index contributed by atoms with van der Waals surface area (Å²) >= 11 is 10.7. The maximum absolute atomic E-state index is 10.9. The van der Waals surface area contributed by atoms with E-state index < -0.39 is 0 Å². The van der Waals surface area contributed by atoms with Gasteiger partial charge in [-0.05, 0) is 85.7 Å². The minimum absolute atomic E-state index is 0.439. The van der Waals surface area contributed by atoms with Crippen LogP contribution in [0.2, 0.25) is 5.02 Å². The first-order chi connectivity index (χ1) is 32.3. The number of rotatable bonds is 10. The zero-order valence-corrected chi connectivity index (χ0v) is 38.7. The summed E-state index contributed by atoms with van der Waals surface area (Å²) in [4.78, 5) is 10.5. The molecule has 0 saturated carbocycles. The highest BCUT2D eigenvalue weighted by molar-refractivity contribution is 9.10.